The summed E-state index contributed by atoms with van der Waals surface area (Å²) in [4.78, 5) is 13.3. The Hall–Kier alpha value is -1.97. The molecule has 0 aliphatic carbocycles. The maximum atomic E-state index is 5.62. The monoisotopic (exact) mass is 241 g/mol. The van der Waals surface area contributed by atoms with Crippen molar-refractivity contribution in [3.63, 3.8) is 0 Å². The van der Waals surface area contributed by atoms with E-state index in [0.717, 1.165) is 16.7 Å². The molecule has 0 bridgehead atoms. The van der Waals surface area contributed by atoms with Crippen LogP contribution in [0.5, 0.6) is 0 Å². The van der Waals surface area contributed by atoms with Crippen LogP contribution in [0.3, 0.4) is 0 Å². The van der Waals surface area contributed by atoms with E-state index in [1.807, 2.05) is 24.3 Å². The maximum Gasteiger partial charge on any atom is 0.235 e. The zero-order valence-electron chi connectivity index (χ0n) is 10.5. The third kappa shape index (κ3) is 1.94. The van der Waals surface area contributed by atoms with Gasteiger partial charge >= 0.3 is 0 Å². The molecular weight excluding hydrogens is 226 g/mol. The number of rotatable bonds is 2. The van der Waals surface area contributed by atoms with Gasteiger partial charge in [-0.3, -0.25) is 0 Å². The quantitative estimate of drug-likeness (QED) is 0.811. The van der Waals surface area contributed by atoms with Crippen molar-refractivity contribution in [3.8, 4) is 0 Å². The van der Waals surface area contributed by atoms with Gasteiger partial charge in [-0.25, -0.2) is 15.0 Å². The summed E-state index contributed by atoms with van der Waals surface area (Å²) in [5.74, 6) is 1.13. The Labute approximate surface area is 106 Å². The predicted octanol–water partition coefficient (Wildman–Crippen LogP) is 2.43. The molecule has 0 unspecified atom stereocenters. The normalized spacial score (nSPS) is 19.1. The lowest BCUT2D eigenvalue weighted by Gasteiger charge is -2.06. The Morgan fingerprint density at radius 3 is 2.94 bits per heavy atom. The van der Waals surface area contributed by atoms with E-state index in [0.29, 0.717) is 18.4 Å². The second kappa shape index (κ2) is 4.37. The van der Waals surface area contributed by atoms with Gasteiger partial charge in [-0.1, -0.05) is 13.8 Å². The molecule has 0 aromatic carbocycles. The summed E-state index contributed by atoms with van der Waals surface area (Å²) in [6, 6.07) is 8.07. The minimum Gasteiger partial charge on any atom is -0.474 e. The van der Waals surface area contributed by atoms with Crippen molar-refractivity contribution in [1.82, 2.24) is 9.97 Å². The average molecular weight is 241 g/mol. The Bertz CT molecular complexity index is 607. The zero-order valence-corrected chi connectivity index (χ0v) is 10.5. The van der Waals surface area contributed by atoms with Crippen LogP contribution in [0.15, 0.2) is 35.5 Å². The van der Waals surface area contributed by atoms with Gasteiger partial charge in [0.15, 0.2) is 5.65 Å². The molecule has 1 atom stereocenters. The SMILES string of the molecule is CC(C)[C@H]1COC(c2ccc3cccnc3n2)=N1. The van der Waals surface area contributed by atoms with Crippen LogP contribution in [0.2, 0.25) is 0 Å². The van der Waals surface area contributed by atoms with Crippen LogP contribution < -0.4 is 0 Å². The summed E-state index contributed by atoms with van der Waals surface area (Å²) in [5.41, 5.74) is 1.50. The first-order valence-electron chi connectivity index (χ1n) is 6.17. The van der Waals surface area contributed by atoms with E-state index in [1.165, 1.54) is 0 Å². The van der Waals surface area contributed by atoms with E-state index in [9.17, 15) is 0 Å². The Morgan fingerprint density at radius 2 is 2.17 bits per heavy atom. The van der Waals surface area contributed by atoms with Gasteiger partial charge in [-0.05, 0) is 30.2 Å². The molecule has 2 aromatic heterocycles. The second-order valence-corrected chi connectivity index (χ2v) is 4.80. The Kier molecular flexibility index (Phi) is 2.70. The van der Waals surface area contributed by atoms with E-state index in [2.05, 4.69) is 28.8 Å². The first-order valence-corrected chi connectivity index (χ1v) is 6.17. The fraction of sp³-hybridized carbons (Fsp3) is 0.357. The molecule has 1 aliphatic heterocycles. The van der Waals surface area contributed by atoms with Gasteiger partial charge in [-0.2, -0.15) is 0 Å². The smallest absolute Gasteiger partial charge is 0.235 e. The third-order valence-electron chi connectivity index (χ3n) is 3.13. The van der Waals surface area contributed by atoms with E-state index in [-0.39, 0.29) is 6.04 Å². The molecular formula is C14H15N3O. The summed E-state index contributed by atoms with van der Waals surface area (Å²) in [5, 5.41) is 1.03. The van der Waals surface area contributed by atoms with E-state index in [4.69, 9.17) is 4.74 Å². The molecule has 4 heteroatoms. The largest absolute Gasteiger partial charge is 0.474 e. The van der Waals surface area contributed by atoms with Crippen LogP contribution in [0.4, 0.5) is 0 Å². The molecule has 3 rings (SSSR count). The van der Waals surface area contributed by atoms with Crippen LogP contribution in [0.1, 0.15) is 19.5 Å². The molecule has 0 saturated heterocycles. The van der Waals surface area contributed by atoms with Crippen LogP contribution in [0, 0.1) is 5.92 Å². The van der Waals surface area contributed by atoms with Gasteiger partial charge in [0.25, 0.3) is 0 Å². The van der Waals surface area contributed by atoms with Gasteiger partial charge in [0.1, 0.15) is 12.3 Å². The lowest BCUT2D eigenvalue weighted by molar-refractivity contribution is 0.291. The lowest BCUT2D eigenvalue weighted by Crippen LogP contribution is -2.13. The van der Waals surface area contributed by atoms with Crippen LogP contribution in [-0.4, -0.2) is 28.5 Å². The molecule has 1 aliphatic rings. The van der Waals surface area contributed by atoms with Crippen molar-refractivity contribution in [1.29, 1.82) is 0 Å². The van der Waals surface area contributed by atoms with E-state index < -0.39 is 0 Å². The van der Waals surface area contributed by atoms with E-state index in [1.54, 1.807) is 6.20 Å². The fourth-order valence-electron chi connectivity index (χ4n) is 1.94. The van der Waals surface area contributed by atoms with Gasteiger partial charge in [0.05, 0.1) is 6.04 Å². The molecule has 0 saturated carbocycles. The number of hydrogen-bond donors (Lipinski definition) is 0. The fourth-order valence-corrected chi connectivity index (χ4v) is 1.94. The minimum absolute atomic E-state index is 0.237. The number of fused-ring (bicyclic) bond motifs is 1. The highest BCUT2D eigenvalue weighted by atomic mass is 16.5. The highest BCUT2D eigenvalue weighted by Crippen LogP contribution is 2.18. The Balaban J connectivity index is 1.98. The average Bonchev–Trinajstić information content (AvgIpc) is 2.88. The highest BCUT2D eigenvalue weighted by Gasteiger charge is 2.23. The number of nitrogens with zero attached hydrogens (tertiary/aromatic N) is 3. The highest BCUT2D eigenvalue weighted by molar-refractivity contribution is 5.95. The molecule has 3 heterocycles. The number of aromatic nitrogens is 2. The Morgan fingerprint density at radius 1 is 1.28 bits per heavy atom. The van der Waals surface area contributed by atoms with Crippen molar-refractivity contribution in [3.05, 3.63) is 36.2 Å². The standard InChI is InChI=1S/C14H15N3O/c1-9(2)12-8-18-14(17-12)11-6-5-10-4-3-7-15-13(10)16-11/h3-7,9,12H,8H2,1-2H3/t12-/m1/s1. The summed E-state index contributed by atoms with van der Waals surface area (Å²) in [7, 11) is 0. The molecule has 0 fully saturated rings. The van der Waals surface area contributed by atoms with Crippen molar-refractivity contribution >= 4 is 16.9 Å². The van der Waals surface area contributed by atoms with Gasteiger partial charge in [0, 0.05) is 11.6 Å². The molecule has 0 spiro atoms. The zero-order chi connectivity index (χ0) is 12.5. The summed E-state index contributed by atoms with van der Waals surface area (Å²) >= 11 is 0. The predicted molar refractivity (Wildman–Crippen MR) is 70.7 cm³/mol. The lowest BCUT2D eigenvalue weighted by atomic mass is 10.1. The van der Waals surface area contributed by atoms with Crippen molar-refractivity contribution in [2.24, 2.45) is 10.9 Å². The van der Waals surface area contributed by atoms with E-state index >= 15 is 0 Å². The van der Waals surface area contributed by atoms with Gasteiger partial charge in [-0.15, -0.1) is 0 Å². The molecule has 0 amide bonds. The van der Waals surface area contributed by atoms with Gasteiger partial charge < -0.3 is 4.74 Å². The molecule has 0 radical (unpaired) electrons. The van der Waals surface area contributed by atoms with Crippen LogP contribution in [0.25, 0.3) is 11.0 Å². The minimum atomic E-state index is 0.237. The molecule has 18 heavy (non-hydrogen) atoms. The number of pyridine rings is 2. The molecule has 2 aromatic rings. The summed E-state index contributed by atoms with van der Waals surface area (Å²) < 4.78 is 5.62. The molecule has 92 valence electrons. The maximum absolute atomic E-state index is 5.62. The first kappa shape index (κ1) is 11.1. The number of hydrogen-bond acceptors (Lipinski definition) is 4. The third-order valence-corrected chi connectivity index (χ3v) is 3.13. The second-order valence-electron chi connectivity index (χ2n) is 4.80. The first-order chi connectivity index (χ1) is 8.74. The van der Waals surface area contributed by atoms with Crippen LogP contribution >= 0.6 is 0 Å². The molecule has 4 nitrogen and oxygen atoms in total. The number of ether oxygens (including phenoxy) is 1. The topological polar surface area (TPSA) is 47.4 Å². The van der Waals surface area contributed by atoms with Gasteiger partial charge in [0.2, 0.25) is 5.90 Å². The summed E-state index contributed by atoms with van der Waals surface area (Å²) in [6.07, 6.45) is 1.74. The van der Waals surface area contributed by atoms with Crippen molar-refractivity contribution < 1.29 is 4.74 Å². The molecule has 0 N–H and O–H groups in total. The van der Waals surface area contributed by atoms with Crippen molar-refractivity contribution in [2.45, 2.75) is 19.9 Å². The summed E-state index contributed by atoms with van der Waals surface area (Å²) in [6.45, 7) is 4.95. The van der Waals surface area contributed by atoms with Crippen molar-refractivity contribution in [2.75, 3.05) is 6.61 Å². The number of aliphatic imine (C=N–C) groups is 1. The van der Waals surface area contributed by atoms with Crippen LogP contribution in [-0.2, 0) is 4.74 Å².